The normalized spacial score (nSPS) is 11.9. The molecule has 26 heavy (non-hydrogen) atoms. The van der Waals surface area contributed by atoms with Gasteiger partial charge in [0.15, 0.2) is 0 Å². The fourth-order valence-electron chi connectivity index (χ4n) is 2.87. The van der Waals surface area contributed by atoms with E-state index in [0.29, 0.717) is 0 Å². The second-order valence-corrected chi connectivity index (χ2v) is 8.64. The third-order valence-corrected chi connectivity index (χ3v) is 6.83. The van der Waals surface area contributed by atoms with Crippen LogP contribution < -0.4 is 0 Å². The van der Waals surface area contributed by atoms with Gasteiger partial charge < -0.3 is 0 Å². The minimum absolute atomic E-state index is 0.796. The summed E-state index contributed by atoms with van der Waals surface area (Å²) >= 11 is 4.13. The van der Waals surface area contributed by atoms with Crippen molar-refractivity contribution in [1.82, 2.24) is 0 Å². The second-order valence-electron chi connectivity index (χ2n) is 6.58. The van der Waals surface area contributed by atoms with Crippen molar-refractivity contribution in [1.29, 1.82) is 0 Å². The van der Waals surface area contributed by atoms with Crippen LogP contribution in [0.5, 0.6) is 0 Å². The average Bonchev–Trinajstić information content (AvgIpc) is 2.68. The predicted molar refractivity (Wildman–Crippen MR) is 124 cm³/mol. The lowest BCUT2D eigenvalue weighted by atomic mass is 10.1. The number of hydrogen-bond donors (Lipinski definition) is 0. The fourth-order valence-corrected chi connectivity index (χ4v) is 5.33. The van der Waals surface area contributed by atoms with E-state index < -0.39 is 0 Å². The zero-order valence-electron chi connectivity index (χ0n) is 15.8. The van der Waals surface area contributed by atoms with Crippen LogP contribution in [-0.4, -0.2) is 11.5 Å². The predicted octanol–water partition coefficient (Wildman–Crippen LogP) is 7.56. The van der Waals surface area contributed by atoms with E-state index in [1.807, 2.05) is 12.2 Å². The molecule has 2 heteroatoms. The van der Waals surface area contributed by atoms with Crippen molar-refractivity contribution in [2.75, 3.05) is 11.5 Å². The molecule has 0 saturated carbocycles. The lowest BCUT2D eigenvalue weighted by molar-refractivity contribution is 0.594. The van der Waals surface area contributed by atoms with Gasteiger partial charge in [-0.15, -0.1) is 0 Å². The number of thioether (sulfide) groups is 2. The molecule has 0 bridgehead atoms. The van der Waals surface area contributed by atoms with Crippen LogP contribution in [0.15, 0.2) is 61.7 Å². The third-order valence-electron chi connectivity index (χ3n) is 4.34. The Labute approximate surface area is 168 Å². The van der Waals surface area contributed by atoms with E-state index >= 15 is 0 Å². The first-order chi connectivity index (χ1) is 12.7. The molecule has 1 atom stereocenters. The molecule has 0 saturated heterocycles. The van der Waals surface area contributed by atoms with E-state index in [-0.39, 0.29) is 0 Å². The topological polar surface area (TPSA) is 0 Å². The zero-order valence-corrected chi connectivity index (χ0v) is 17.5. The summed E-state index contributed by atoms with van der Waals surface area (Å²) in [5, 5.41) is 0. The number of hydrogen-bond acceptors (Lipinski definition) is 2. The number of rotatable bonds is 12. The summed E-state index contributed by atoms with van der Waals surface area (Å²) in [6, 6.07) is 17.5. The van der Waals surface area contributed by atoms with Crippen molar-refractivity contribution in [3.05, 3.63) is 83.9 Å². The fraction of sp³-hybridized carbons (Fsp3) is 0.333. The summed E-state index contributed by atoms with van der Waals surface area (Å²) in [6.45, 7) is 9.97. The quantitative estimate of drug-likeness (QED) is 0.371. The molecule has 0 aromatic heterocycles. The standard InChI is InChI=1S/C24H30S2/c1-4-8-24(18-25-16-22-13-11-20(5-2)12-14-22)19-26-17-23-10-7-9-21(6-3)15-23/h5-7,9-15,24H,2-4,8,16-19H2,1H3. The molecular formula is C24H30S2. The van der Waals surface area contributed by atoms with Gasteiger partial charge in [-0.2, -0.15) is 23.5 Å². The highest BCUT2D eigenvalue weighted by Crippen LogP contribution is 2.24. The first kappa shape index (κ1) is 20.9. The molecule has 0 aliphatic rings. The Morgan fingerprint density at radius 2 is 1.50 bits per heavy atom. The van der Waals surface area contributed by atoms with Crippen molar-refractivity contribution in [3.8, 4) is 0 Å². The Morgan fingerprint density at radius 1 is 0.846 bits per heavy atom. The van der Waals surface area contributed by atoms with E-state index in [9.17, 15) is 0 Å². The maximum Gasteiger partial charge on any atom is 0.0184 e. The second kappa shape index (κ2) is 12.1. The monoisotopic (exact) mass is 382 g/mol. The van der Waals surface area contributed by atoms with Crippen molar-refractivity contribution in [2.45, 2.75) is 31.3 Å². The molecule has 0 aliphatic carbocycles. The minimum atomic E-state index is 0.796. The molecule has 0 aliphatic heterocycles. The van der Waals surface area contributed by atoms with Crippen LogP contribution >= 0.6 is 23.5 Å². The van der Waals surface area contributed by atoms with E-state index in [0.717, 1.165) is 17.4 Å². The Balaban J connectivity index is 1.74. The molecule has 0 amide bonds. The van der Waals surface area contributed by atoms with Crippen molar-refractivity contribution < 1.29 is 0 Å². The highest BCUT2D eigenvalue weighted by Gasteiger charge is 2.09. The number of benzene rings is 2. The summed E-state index contributed by atoms with van der Waals surface area (Å²) in [5.41, 5.74) is 5.22. The first-order valence-corrected chi connectivity index (χ1v) is 11.6. The van der Waals surface area contributed by atoms with Gasteiger partial charge in [0.25, 0.3) is 0 Å². The van der Waals surface area contributed by atoms with E-state index in [4.69, 9.17) is 0 Å². The summed E-state index contributed by atoms with van der Waals surface area (Å²) in [5.74, 6) is 5.48. The van der Waals surface area contributed by atoms with Crippen LogP contribution in [0.2, 0.25) is 0 Å². The Kier molecular flexibility index (Phi) is 9.73. The molecule has 0 fully saturated rings. The Bertz CT molecular complexity index is 673. The van der Waals surface area contributed by atoms with Crippen LogP contribution in [0.1, 0.15) is 42.0 Å². The van der Waals surface area contributed by atoms with E-state index in [2.05, 4.69) is 92.1 Å². The van der Waals surface area contributed by atoms with Gasteiger partial charge in [0.1, 0.15) is 0 Å². The molecule has 2 rings (SSSR count). The highest BCUT2D eigenvalue weighted by molar-refractivity contribution is 7.99. The largest absolute Gasteiger partial charge is 0.157 e. The van der Waals surface area contributed by atoms with Gasteiger partial charge in [0, 0.05) is 11.5 Å². The van der Waals surface area contributed by atoms with Crippen LogP contribution in [0.3, 0.4) is 0 Å². The van der Waals surface area contributed by atoms with Crippen LogP contribution in [0, 0.1) is 5.92 Å². The average molecular weight is 383 g/mol. The van der Waals surface area contributed by atoms with Crippen molar-refractivity contribution in [2.24, 2.45) is 5.92 Å². The lowest BCUT2D eigenvalue weighted by Gasteiger charge is -2.15. The molecular weight excluding hydrogens is 352 g/mol. The molecule has 0 N–H and O–H groups in total. The van der Waals surface area contributed by atoms with Crippen LogP contribution in [-0.2, 0) is 11.5 Å². The SMILES string of the molecule is C=Cc1ccc(CSCC(CCC)CSCc2cccc(C=C)c2)cc1. The molecule has 138 valence electrons. The van der Waals surface area contributed by atoms with Gasteiger partial charge in [0.05, 0.1) is 0 Å². The molecule has 0 radical (unpaired) electrons. The van der Waals surface area contributed by atoms with Gasteiger partial charge >= 0.3 is 0 Å². The van der Waals surface area contributed by atoms with Gasteiger partial charge in [-0.05, 0) is 46.1 Å². The Hall–Kier alpha value is -1.38. The molecule has 0 heterocycles. The maximum atomic E-state index is 3.86. The van der Waals surface area contributed by atoms with Gasteiger partial charge in [-0.1, -0.05) is 87.2 Å². The smallest absolute Gasteiger partial charge is 0.0184 e. The van der Waals surface area contributed by atoms with Gasteiger partial charge in [-0.25, -0.2) is 0 Å². The summed E-state index contributed by atoms with van der Waals surface area (Å²) in [4.78, 5) is 0. The van der Waals surface area contributed by atoms with Crippen molar-refractivity contribution >= 4 is 35.7 Å². The van der Waals surface area contributed by atoms with E-state index in [1.54, 1.807) is 0 Å². The van der Waals surface area contributed by atoms with Crippen molar-refractivity contribution in [3.63, 3.8) is 0 Å². The molecule has 1 unspecified atom stereocenters. The summed E-state index contributed by atoms with van der Waals surface area (Å²) in [6.07, 6.45) is 6.41. The highest BCUT2D eigenvalue weighted by atomic mass is 32.2. The van der Waals surface area contributed by atoms with Gasteiger partial charge in [-0.3, -0.25) is 0 Å². The van der Waals surface area contributed by atoms with Gasteiger partial charge in [0.2, 0.25) is 0 Å². The zero-order chi connectivity index (χ0) is 18.6. The molecule has 2 aromatic rings. The third kappa shape index (κ3) is 7.47. The van der Waals surface area contributed by atoms with Crippen LogP contribution in [0.4, 0.5) is 0 Å². The molecule has 0 nitrogen and oxygen atoms in total. The minimum Gasteiger partial charge on any atom is -0.157 e. The lowest BCUT2D eigenvalue weighted by Crippen LogP contribution is -2.07. The maximum absolute atomic E-state index is 3.86. The summed E-state index contributed by atoms with van der Waals surface area (Å²) in [7, 11) is 0. The van der Waals surface area contributed by atoms with E-state index in [1.165, 1.54) is 46.6 Å². The van der Waals surface area contributed by atoms with Crippen LogP contribution in [0.25, 0.3) is 12.2 Å². The summed E-state index contributed by atoms with van der Waals surface area (Å²) < 4.78 is 0. The Morgan fingerprint density at radius 3 is 2.12 bits per heavy atom. The molecule has 0 spiro atoms. The first-order valence-electron chi connectivity index (χ1n) is 9.33. The molecule has 2 aromatic carbocycles.